The lowest BCUT2D eigenvalue weighted by Crippen LogP contribution is -2.32. The zero-order chi connectivity index (χ0) is 14.3. The number of azide groups is 1. The number of carbonyl (C=O) groups is 2. The van der Waals surface area contributed by atoms with Crippen LogP contribution in [0, 0.1) is 5.92 Å². The second kappa shape index (κ2) is 6.86. The molecule has 18 heavy (non-hydrogen) atoms. The van der Waals surface area contributed by atoms with Gasteiger partial charge in [0.2, 0.25) is 0 Å². The molecule has 0 aliphatic heterocycles. The smallest absolute Gasteiger partial charge is 0.315 e. The maximum absolute atomic E-state index is 11.8. The highest BCUT2D eigenvalue weighted by atomic mass is 16.6. The minimum Gasteiger partial charge on any atom is -0.469 e. The number of carbonyl (C=O) groups excluding carboxylic acids is 2. The van der Waals surface area contributed by atoms with E-state index in [1.54, 1.807) is 27.7 Å². The van der Waals surface area contributed by atoms with Crippen molar-refractivity contribution in [1.29, 1.82) is 0 Å². The SMILES string of the molecule is COC(=O)C(C)CC(N=[N+]=[N-])C(=O)OC(C)(C)C. The maximum Gasteiger partial charge on any atom is 0.315 e. The summed E-state index contributed by atoms with van der Waals surface area (Å²) in [6, 6.07) is -1.02. The molecule has 0 N–H and O–H groups in total. The molecule has 2 unspecified atom stereocenters. The third-order valence-corrected chi connectivity index (χ3v) is 2.05. The molecule has 0 heterocycles. The molecule has 7 nitrogen and oxygen atoms in total. The third kappa shape index (κ3) is 6.10. The molecule has 0 aromatic carbocycles. The summed E-state index contributed by atoms with van der Waals surface area (Å²) in [5.74, 6) is -1.65. The Labute approximate surface area is 106 Å². The highest BCUT2D eigenvalue weighted by Crippen LogP contribution is 2.16. The van der Waals surface area contributed by atoms with Crippen molar-refractivity contribution in [3.8, 4) is 0 Å². The van der Waals surface area contributed by atoms with Crippen molar-refractivity contribution in [2.24, 2.45) is 11.0 Å². The molecule has 0 bridgehead atoms. The number of esters is 2. The van der Waals surface area contributed by atoms with Crippen LogP contribution >= 0.6 is 0 Å². The van der Waals surface area contributed by atoms with Crippen molar-refractivity contribution >= 4 is 11.9 Å². The van der Waals surface area contributed by atoms with Crippen LogP contribution in [0.5, 0.6) is 0 Å². The van der Waals surface area contributed by atoms with Gasteiger partial charge in [0.25, 0.3) is 0 Å². The Morgan fingerprint density at radius 3 is 2.28 bits per heavy atom. The number of rotatable bonds is 5. The predicted octanol–water partition coefficient (Wildman–Crippen LogP) is 2.21. The van der Waals surface area contributed by atoms with E-state index in [4.69, 9.17) is 10.3 Å². The van der Waals surface area contributed by atoms with Crippen molar-refractivity contribution in [1.82, 2.24) is 0 Å². The van der Waals surface area contributed by atoms with Crippen LogP contribution in [0.2, 0.25) is 0 Å². The fraction of sp³-hybridized carbons (Fsp3) is 0.818. The van der Waals surface area contributed by atoms with Gasteiger partial charge in [-0.25, -0.2) is 0 Å². The average molecular weight is 257 g/mol. The first-order chi connectivity index (χ1) is 8.21. The van der Waals surface area contributed by atoms with Gasteiger partial charge in [0.15, 0.2) is 0 Å². The van der Waals surface area contributed by atoms with Crippen LogP contribution in [0.1, 0.15) is 34.1 Å². The monoisotopic (exact) mass is 257 g/mol. The molecule has 2 atom stereocenters. The topological polar surface area (TPSA) is 101 Å². The molecule has 0 amide bonds. The lowest BCUT2D eigenvalue weighted by atomic mass is 10.0. The van der Waals surface area contributed by atoms with Crippen molar-refractivity contribution in [3.05, 3.63) is 10.4 Å². The minimum atomic E-state index is -1.02. The van der Waals surface area contributed by atoms with Gasteiger partial charge in [-0.2, -0.15) is 0 Å². The fourth-order valence-electron chi connectivity index (χ4n) is 1.25. The van der Waals surface area contributed by atoms with Crippen molar-refractivity contribution in [2.75, 3.05) is 7.11 Å². The van der Waals surface area contributed by atoms with E-state index < -0.39 is 29.5 Å². The Bertz CT molecular complexity index is 356. The van der Waals surface area contributed by atoms with Crippen LogP contribution in [0.25, 0.3) is 10.4 Å². The minimum absolute atomic E-state index is 0.0612. The summed E-state index contributed by atoms with van der Waals surface area (Å²) in [4.78, 5) is 25.6. The van der Waals surface area contributed by atoms with Gasteiger partial charge >= 0.3 is 11.9 Å². The van der Waals surface area contributed by atoms with Gasteiger partial charge in [-0.1, -0.05) is 12.0 Å². The number of hydrogen-bond acceptors (Lipinski definition) is 5. The summed E-state index contributed by atoms with van der Waals surface area (Å²) >= 11 is 0. The Morgan fingerprint density at radius 2 is 1.89 bits per heavy atom. The molecule has 0 saturated carbocycles. The average Bonchev–Trinajstić information content (AvgIpc) is 2.24. The van der Waals surface area contributed by atoms with Crippen molar-refractivity contribution in [2.45, 2.75) is 45.8 Å². The summed E-state index contributed by atoms with van der Waals surface area (Å²) in [6.07, 6.45) is 0.0612. The van der Waals surface area contributed by atoms with E-state index in [1.165, 1.54) is 7.11 Å². The molecule has 0 rings (SSSR count). The molecule has 0 aliphatic rings. The zero-order valence-electron chi connectivity index (χ0n) is 11.3. The Hall–Kier alpha value is -1.75. The lowest BCUT2D eigenvalue weighted by Gasteiger charge is -2.22. The summed E-state index contributed by atoms with van der Waals surface area (Å²) in [5, 5.41) is 3.36. The van der Waals surface area contributed by atoms with Gasteiger partial charge in [0.1, 0.15) is 11.6 Å². The first-order valence-corrected chi connectivity index (χ1v) is 5.56. The molecular formula is C11H19N3O4. The van der Waals surface area contributed by atoms with Gasteiger partial charge in [0.05, 0.1) is 13.0 Å². The van der Waals surface area contributed by atoms with Crippen molar-refractivity contribution < 1.29 is 19.1 Å². The molecule has 7 heteroatoms. The van der Waals surface area contributed by atoms with Gasteiger partial charge in [-0.3, -0.25) is 9.59 Å². The van der Waals surface area contributed by atoms with Crippen LogP contribution in [0.3, 0.4) is 0 Å². The van der Waals surface area contributed by atoms with Crippen LogP contribution in [-0.2, 0) is 19.1 Å². The van der Waals surface area contributed by atoms with Gasteiger partial charge in [0, 0.05) is 4.91 Å². The maximum atomic E-state index is 11.8. The van der Waals surface area contributed by atoms with Gasteiger partial charge < -0.3 is 9.47 Å². The van der Waals surface area contributed by atoms with E-state index in [9.17, 15) is 9.59 Å². The highest BCUT2D eigenvalue weighted by molar-refractivity contribution is 5.78. The van der Waals surface area contributed by atoms with Crippen LogP contribution in [-0.4, -0.2) is 30.7 Å². The molecule has 0 spiro atoms. The van der Waals surface area contributed by atoms with E-state index in [-0.39, 0.29) is 6.42 Å². The molecule has 0 aromatic heterocycles. The molecule has 0 aliphatic carbocycles. The van der Waals surface area contributed by atoms with E-state index in [0.717, 1.165) is 0 Å². The Kier molecular flexibility index (Phi) is 6.19. The Morgan fingerprint density at radius 1 is 1.33 bits per heavy atom. The zero-order valence-corrected chi connectivity index (χ0v) is 11.3. The van der Waals surface area contributed by atoms with Crippen molar-refractivity contribution in [3.63, 3.8) is 0 Å². The first kappa shape index (κ1) is 16.2. The predicted molar refractivity (Wildman–Crippen MR) is 64.6 cm³/mol. The highest BCUT2D eigenvalue weighted by Gasteiger charge is 2.28. The second-order valence-corrected chi connectivity index (χ2v) is 4.91. The summed E-state index contributed by atoms with van der Waals surface area (Å²) < 4.78 is 9.66. The first-order valence-electron chi connectivity index (χ1n) is 5.56. The third-order valence-electron chi connectivity index (χ3n) is 2.05. The lowest BCUT2D eigenvalue weighted by molar-refractivity contribution is -0.157. The van der Waals surface area contributed by atoms with E-state index in [2.05, 4.69) is 14.8 Å². The summed E-state index contributed by atoms with van der Waals surface area (Å²) in [6.45, 7) is 6.72. The van der Waals surface area contributed by atoms with Crippen LogP contribution < -0.4 is 0 Å². The fourth-order valence-corrected chi connectivity index (χ4v) is 1.25. The molecule has 0 radical (unpaired) electrons. The molecule has 102 valence electrons. The van der Waals surface area contributed by atoms with Crippen LogP contribution in [0.4, 0.5) is 0 Å². The molecule has 0 aromatic rings. The molecular weight excluding hydrogens is 238 g/mol. The summed E-state index contributed by atoms with van der Waals surface area (Å²) in [7, 11) is 1.26. The van der Waals surface area contributed by atoms with E-state index in [0.29, 0.717) is 0 Å². The van der Waals surface area contributed by atoms with E-state index >= 15 is 0 Å². The molecule has 0 saturated heterocycles. The number of ether oxygens (including phenoxy) is 2. The summed E-state index contributed by atoms with van der Waals surface area (Å²) in [5.41, 5.74) is 7.76. The number of nitrogens with zero attached hydrogens (tertiary/aromatic N) is 3. The second-order valence-electron chi connectivity index (χ2n) is 4.91. The van der Waals surface area contributed by atoms with Gasteiger partial charge in [-0.05, 0) is 32.7 Å². The standard InChI is InChI=1S/C11H19N3O4/c1-7(9(15)17-5)6-8(13-14-12)10(16)18-11(2,3)4/h7-8H,6H2,1-5H3. The largest absolute Gasteiger partial charge is 0.469 e. The quantitative estimate of drug-likeness (QED) is 0.326. The van der Waals surface area contributed by atoms with Crippen LogP contribution in [0.15, 0.2) is 5.11 Å². The number of hydrogen-bond donors (Lipinski definition) is 0. The Balaban J connectivity index is 4.72. The van der Waals surface area contributed by atoms with Gasteiger partial charge in [-0.15, -0.1) is 0 Å². The number of methoxy groups -OCH3 is 1. The normalized spacial score (nSPS) is 14.1. The van der Waals surface area contributed by atoms with E-state index in [1.807, 2.05) is 0 Å². The molecule has 0 fully saturated rings.